The molecule has 0 aliphatic carbocycles. The van der Waals surface area contributed by atoms with E-state index in [0.717, 1.165) is 5.56 Å². The zero-order chi connectivity index (χ0) is 15.3. The summed E-state index contributed by atoms with van der Waals surface area (Å²) >= 11 is 0. The predicted molar refractivity (Wildman–Crippen MR) is 86.1 cm³/mol. The standard InChI is InChI=1S/C16H20N2O2S/c1-21(19,20)16-10-6-5-9-15(16)18(12-11-17)13-14-7-3-2-4-8-14/h2-10H,11-13,17H2,1H3. The van der Waals surface area contributed by atoms with E-state index in [2.05, 4.69) is 0 Å². The molecule has 0 aromatic heterocycles. The van der Waals surface area contributed by atoms with E-state index < -0.39 is 9.84 Å². The minimum absolute atomic E-state index is 0.342. The smallest absolute Gasteiger partial charge is 0.177 e. The molecule has 2 aromatic carbocycles. The maximum absolute atomic E-state index is 12.0. The first-order valence-electron chi connectivity index (χ1n) is 6.80. The average molecular weight is 304 g/mol. The molecule has 0 spiro atoms. The molecule has 21 heavy (non-hydrogen) atoms. The van der Waals surface area contributed by atoms with Gasteiger partial charge in [0.05, 0.1) is 10.6 Å². The first kappa shape index (κ1) is 15.5. The lowest BCUT2D eigenvalue weighted by Crippen LogP contribution is -2.30. The molecule has 0 aliphatic heterocycles. The van der Waals surface area contributed by atoms with Gasteiger partial charge < -0.3 is 10.6 Å². The maximum atomic E-state index is 12.0. The summed E-state index contributed by atoms with van der Waals surface area (Å²) in [5, 5.41) is 0. The van der Waals surface area contributed by atoms with Gasteiger partial charge in [-0.15, -0.1) is 0 Å². The topological polar surface area (TPSA) is 63.4 Å². The molecule has 0 saturated heterocycles. The fourth-order valence-electron chi connectivity index (χ4n) is 2.28. The number of hydrogen-bond donors (Lipinski definition) is 1. The molecule has 4 nitrogen and oxygen atoms in total. The van der Waals surface area contributed by atoms with Gasteiger partial charge in [0.1, 0.15) is 0 Å². The lowest BCUT2D eigenvalue weighted by atomic mass is 10.2. The molecule has 2 rings (SSSR count). The summed E-state index contributed by atoms with van der Waals surface area (Å²) in [6.45, 7) is 1.69. The number of nitrogens with zero attached hydrogens (tertiary/aromatic N) is 1. The largest absolute Gasteiger partial charge is 0.365 e. The minimum Gasteiger partial charge on any atom is -0.365 e. The maximum Gasteiger partial charge on any atom is 0.177 e. The van der Waals surface area contributed by atoms with Crippen LogP contribution in [0.5, 0.6) is 0 Å². The van der Waals surface area contributed by atoms with Crippen molar-refractivity contribution in [1.29, 1.82) is 0 Å². The summed E-state index contributed by atoms with van der Waals surface area (Å²) < 4.78 is 23.9. The number of benzene rings is 2. The zero-order valence-electron chi connectivity index (χ0n) is 12.1. The van der Waals surface area contributed by atoms with Gasteiger partial charge in [-0.3, -0.25) is 0 Å². The second-order valence-corrected chi connectivity index (χ2v) is 6.92. The van der Waals surface area contributed by atoms with Crippen LogP contribution in [0.15, 0.2) is 59.5 Å². The Hall–Kier alpha value is -1.85. The quantitative estimate of drug-likeness (QED) is 0.887. The summed E-state index contributed by atoms with van der Waals surface area (Å²) in [4.78, 5) is 2.35. The Balaban J connectivity index is 2.39. The molecule has 112 valence electrons. The van der Waals surface area contributed by atoms with Crippen molar-refractivity contribution in [1.82, 2.24) is 0 Å². The van der Waals surface area contributed by atoms with E-state index in [-0.39, 0.29) is 0 Å². The Morgan fingerprint density at radius 3 is 2.24 bits per heavy atom. The minimum atomic E-state index is -3.27. The van der Waals surface area contributed by atoms with E-state index in [9.17, 15) is 8.42 Å². The highest BCUT2D eigenvalue weighted by Crippen LogP contribution is 2.26. The molecule has 0 saturated carbocycles. The van der Waals surface area contributed by atoms with E-state index in [1.54, 1.807) is 12.1 Å². The zero-order valence-corrected chi connectivity index (χ0v) is 12.9. The van der Waals surface area contributed by atoms with Crippen LogP contribution in [0.2, 0.25) is 0 Å². The summed E-state index contributed by atoms with van der Waals surface area (Å²) in [5.74, 6) is 0. The van der Waals surface area contributed by atoms with Gasteiger partial charge >= 0.3 is 0 Å². The second kappa shape index (κ2) is 6.74. The van der Waals surface area contributed by atoms with E-state index in [0.29, 0.717) is 30.2 Å². The molecule has 2 N–H and O–H groups in total. The lowest BCUT2D eigenvalue weighted by molar-refractivity contribution is 0.601. The van der Waals surface area contributed by atoms with Gasteiger partial charge in [-0.1, -0.05) is 42.5 Å². The number of anilines is 1. The molecule has 0 radical (unpaired) electrons. The third-order valence-corrected chi connectivity index (χ3v) is 4.36. The van der Waals surface area contributed by atoms with Crippen molar-refractivity contribution in [3.63, 3.8) is 0 Å². The highest BCUT2D eigenvalue weighted by Gasteiger charge is 2.17. The van der Waals surface area contributed by atoms with E-state index >= 15 is 0 Å². The predicted octanol–water partition coefficient (Wildman–Crippen LogP) is 2.06. The van der Waals surface area contributed by atoms with Crippen LogP contribution in [0.25, 0.3) is 0 Å². The van der Waals surface area contributed by atoms with Crippen LogP contribution in [0.1, 0.15) is 5.56 Å². The molecule has 5 heteroatoms. The normalized spacial score (nSPS) is 11.3. The molecule has 0 atom stereocenters. The van der Waals surface area contributed by atoms with E-state index in [1.807, 2.05) is 47.4 Å². The first-order valence-corrected chi connectivity index (χ1v) is 8.69. The molecule has 0 bridgehead atoms. The van der Waals surface area contributed by atoms with Crippen molar-refractivity contribution in [3.05, 3.63) is 60.2 Å². The van der Waals surface area contributed by atoms with Crippen LogP contribution in [0.4, 0.5) is 5.69 Å². The fraction of sp³-hybridized carbons (Fsp3) is 0.250. The van der Waals surface area contributed by atoms with Crippen LogP contribution in [-0.2, 0) is 16.4 Å². The van der Waals surface area contributed by atoms with Crippen LogP contribution in [0.3, 0.4) is 0 Å². The van der Waals surface area contributed by atoms with Gasteiger partial charge in [-0.05, 0) is 17.7 Å². The van der Waals surface area contributed by atoms with Crippen LogP contribution in [0, 0.1) is 0 Å². The number of para-hydroxylation sites is 1. The number of sulfone groups is 1. The summed E-state index contributed by atoms with van der Waals surface area (Å²) in [6.07, 6.45) is 1.23. The summed E-state index contributed by atoms with van der Waals surface area (Å²) in [6, 6.07) is 17.0. The van der Waals surface area contributed by atoms with Gasteiger partial charge in [0.25, 0.3) is 0 Å². The van der Waals surface area contributed by atoms with Crippen molar-refractivity contribution in [2.75, 3.05) is 24.2 Å². The Labute approximate surface area is 126 Å². The van der Waals surface area contributed by atoms with Crippen molar-refractivity contribution in [2.45, 2.75) is 11.4 Å². The van der Waals surface area contributed by atoms with Gasteiger partial charge in [0, 0.05) is 25.9 Å². The third kappa shape index (κ3) is 4.06. The second-order valence-electron chi connectivity index (χ2n) is 4.94. The molecule has 0 fully saturated rings. The van der Waals surface area contributed by atoms with Crippen molar-refractivity contribution in [2.24, 2.45) is 5.73 Å². The summed E-state index contributed by atoms with van der Waals surface area (Å²) in [5.41, 5.74) is 7.51. The Bertz CT molecular complexity index is 684. The molecule has 2 aromatic rings. The van der Waals surface area contributed by atoms with Crippen LogP contribution < -0.4 is 10.6 Å². The number of hydrogen-bond acceptors (Lipinski definition) is 4. The van der Waals surface area contributed by atoms with Crippen molar-refractivity contribution < 1.29 is 8.42 Å². The van der Waals surface area contributed by atoms with Gasteiger partial charge in [-0.2, -0.15) is 0 Å². The Morgan fingerprint density at radius 1 is 1.00 bits per heavy atom. The third-order valence-electron chi connectivity index (χ3n) is 3.22. The van der Waals surface area contributed by atoms with Gasteiger partial charge in [0.2, 0.25) is 0 Å². The fourth-order valence-corrected chi connectivity index (χ4v) is 3.18. The molecule has 0 heterocycles. The molecule has 0 unspecified atom stereocenters. The van der Waals surface area contributed by atoms with E-state index in [4.69, 9.17) is 5.73 Å². The average Bonchev–Trinajstić information content (AvgIpc) is 2.47. The highest BCUT2D eigenvalue weighted by molar-refractivity contribution is 7.90. The van der Waals surface area contributed by atoms with E-state index in [1.165, 1.54) is 6.26 Å². The Morgan fingerprint density at radius 2 is 1.62 bits per heavy atom. The Kier molecular flexibility index (Phi) is 4.98. The lowest BCUT2D eigenvalue weighted by Gasteiger charge is -2.26. The SMILES string of the molecule is CS(=O)(=O)c1ccccc1N(CCN)Cc1ccccc1. The number of nitrogens with two attached hydrogens (primary N) is 1. The monoisotopic (exact) mass is 304 g/mol. The molecule has 0 amide bonds. The number of rotatable bonds is 6. The van der Waals surface area contributed by atoms with Gasteiger partial charge in [0.15, 0.2) is 9.84 Å². The van der Waals surface area contributed by atoms with Crippen LogP contribution in [-0.4, -0.2) is 27.8 Å². The van der Waals surface area contributed by atoms with Crippen LogP contribution >= 0.6 is 0 Å². The molecular weight excluding hydrogens is 284 g/mol. The van der Waals surface area contributed by atoms with Crippen molar-refractivity contribution >= 4 is 15.5 Å². The van der Waals surface area contributed by atoms with Gasteiger partial charge in [-0.25, -0.2) is 8.42 Å². The molecular formula is C16H20N2O2S. The molecule has 0 aliphatic rings. The summed E-state index contributed by atoms with van der Waals surface area (Å²) in [7, 11) is -3.27. The highest BCUT2D eigenvalue weighted by atomic mass is 32.2. The van der Waals surface area contributed by atoms with Crippen molar-refractivity contribution in [3.8, 4) is 0 Å². The first-order chi connectivity index (χ1) is 10.0.